The number of rotatable bonds is 7. The van der Waals surface area contributed by atoms with E-state index in [4.69, 9.17) is 14.2 Å². The molecule has 0 aliphatic carbocycles. The van der Waals surface area contributed by atoms with Crippen molar-refractivity contribution in [3.05, 3.63) is 53.6 Å². The molecule has 146 valence electrons. The third kappa shape index (κ3) is 4.17. The molecule has 0 saturated carbocycles. The van der Waals surface area contributed by atoms with Crippen LogP contribution in [0, 0.1) is 0 Å². The Morgan fingerprint density at radius 1 is 1.00 bits per heavy atom. The highest BCUT2D eigenvalue weighted by Gasteiger charge is 2.37. The summed E-state index contributed by atoms with van der Waals surface area (Å²) in [5, 5.41) is -0.367. The van der Waals surface area contributed by atoms with Crippen LogP contribution in [0.1, 0.15) is 16.5 Å². The van der Waals surface area contributed by atoms with Gasteiger partial charge in [-0.3, -0.25) is 0 Å². The fourth-order valence-corrected chi connectivity index (χ4v) is 6.50. The third-order valence-corrected chi connectivity index (χ3v) is 7.58. The minimum Gasteiger partial charge on any atom is -0.496 e. The Bertz CT molecular complexity index is 886. The number of ether oxygens (including phenoxy) is 3. The van der Waals surface area contributed by atoms with Gasteiger partial charge in [0.25, 0.3) is 0 Å². The van der Waals surface area contributed by atoms with E-state index in [0.717, 1.165) is 16.9 Å². The number of benzene rings is 2. The van der Waals surface area contributed by atoms with Crippen LogP contribution in [-0.2, 0) is 15.8 Å². The number of nitrogens with zero attached hydrogens (tertiary/aromatic N) is 1. The Kier molecular flexibility index (Phi) is 6.18. The molecule has 0 bridgehead atoms. The summed E-state index contributed by atoms with van der Waals surface area (Å²) in [5.74, 6) is 2.35. The van der Waals surface area contributed by atoms with E-state index >= 15 is 0 Å². The van der Waals surface area contributed by atoms with Crippen molar-refractivity contribution >= 4 is 21.8 Å². The van der Waals surface area contributed by atoms with E-state index in [1.54, 1.807) is 49.5 Å². The molecule has 0 amide bonds. The van der Waals surface area contributed by atoms with E-state index in [-0.39, 0.29) is 11.1 Å². The topological polar surface area (TPSA) is 65.1 Å². The molecule has 1 aliphatic rings. The van der Waals surface area contributed by atoms with Gasteiger partial charge in [0.15, 0.2) is 11.5 Å². The number of hydrogen-bond donors (Lipinski definition) is 0. The Balaban J connectivity index is 1.96. The summed E-state index contributed by atoms with van der Waals surface area (Å²) in [6.07, 6.45) is 0. The van der Waals surface area contributed by atoms with Gasteiger partial charge in [-0.15, -0.1) is 11.8 Å². The van der Waals surface area contributed by atoms with Crippen LogP contribution in [0.25, 0.3) is 0 Å². The lowest BCUT2D eigenvalue weighted by Gasteiger charge is -2.25. The molecule has 1 saturated heterocycles. The molecule has 27 heavy (non-hydrogen) atoms. The lowest BCUT2D eigenvalue weighted by molar-refractivity contribution is 0.344. The maximum absolute atomic E-state index is 13.1. The number of sulfonamides is 1. The highest BCUT2D eigenvalue weighted by atomic mass is 32.2. The average molecular weight is 410 g/mol. The van der Waals surface area contributed by atoms with Crippen LogP contribution in [0.15, 0.2) is 42.5 Å². The molecule has 0 N–H and O–H groups in total. The standard InChI is InChI=1S/C19H23NO5S2/c1-23-16-12-18(25-3)17(24-2)11-15(16)19-20(9-10-26-19)27(21,22)13-14-7-5-4-6-8-14/h4-8,11-12,19H,9-10,13H2,1-3H3. The lowest BCUT2D eigenvalue weighted by Crippen LogP contribution is -2.31. The second kappa shape index (κ2) is 8.41. The van der Waals surface area contributed by atoms with Crippen LogP contribution in [0.2, 0.25) is 0 Å². The summed E-state index contributed by atoms with van der Waals surface area (Å²) < 4.78 is 43.9. The Labute approximate surface area is 164 Å². The molecule has 1 fully saturated rings. The van der Waals surface area contributed by atoms with Gasteiger partial charge in [-0.25, -0.2) is 8.42 Å². The molecule has 3 rings (SSSR count). The summed E-state index contributed by atoms with van der Waals surface area (Å²) in [5.41, 5.74) is 1.53. The van der Waals surface area contributed by atoms with Gasteiger partial charge in [0, 0.05) is 23.9 Å². The molecule has 6 nitrogen and oxygen atoms in total. The predicted octanol–water partition coefficient (Wildman–Crippen LogP) is 3.29. The maximum atomic E-state index is 13.1. The SMILES string of the molecule is COc1cc(OC)c(C2SCCN2S(=O)(=O)Cc2ccccc2)cc1OC. The van der Waals surface area contributed by atoms with E-state index < -0.39 is 10.0 Å². The zero-order valence-electron chi connectivity index (χ0n) is 15.5. The van der Waals surface area contributed by atoms with Gasteiger partial charge in [0.2, 0.25) is 10.0 Å². The fourth-order valence-electron chi connectivity index (χ4n) is 3.10. The number of methoxy groups -OCH3 is 3. The predicted molar refractivity (Wildman–Crippen MR) is 107 cm³/mol. The van der Waals surface area contributed by atoms with Crippen LogP contribution in [-0.4, -0.2) is 46.4 Å². The van der Waals surface area contributed by atoms with Crippen molar-refractivity contribution in [1.29, 1.82) is 0 Å². The molecule has 8 heteroatoms. The zero-order chi connectivity index (χ0) is 19.4. The minimum atomic E-state index is -3.49. The van der Waals surface area contributed by atoms with E-state index in [9.17, 15) is 8.42 Å². The molecule has 1 unspecified atom stereocenters. The largest absolute Gasteiger partial charge is 0.496 e. The van der Waals surface area contributed by atoms with Crippen LogP contribution in [0.4, 0.5) is 0 Å². The van der Waals surface area contributed by atoms with E-state index in [1.165, 1.54) is 0 Å². The second-order valence-corrected chi connectivity index (χ2v) is 9.13. The monoisotopic (exact) mass is 409 g/mol. The first-order valence-electron chi connectivity index (χ1n) is 8.45. The van der Waals surface area contributed by atoms with Crippen LogP contribution >= 0.6 is 11.8 Å². The first-order chi connectivity index (χ1) is 13.0. The lowest BCUT2D eigenvalue weighted by atomic mass is 10.1. The fraction of sp³-hybridized carbons (Fsp3) is 0.368. The highest BCUT2D eigenvalue weighted by molar-refractivity contribution is 8.00. The van der Waals surface area contributed by atoms with E-state index in [0.29, 0.717) is 23.8 Å². The molecule has 1 atom stereocenters. The summed E-state index contributed by atoms with van der Waals surface area (Å²) in [6, 6.07) is 12.7. The van der Waals surface area contributed by atoms with Crippen LogP contribution < -0.4 is 14.2 Å². The van der Waals surface area contributed by atoms with Gasteiger partial charge in [-0.1, -0.05) is 30.3 Å². The number of thioether (sulfide) groups is 1. The van der Waals surface area contributed by atoms with Crippen molar-refractivity contribution in [3.8, 4) is 17.2 Å². The summed E-state index contributed by atoms with van der Waals surface area (Å²) >= 11 is 1.57. The average Bonchev–Trinajstić information content (AvgIpc) is 3.18. The minimum absolute atomic E-state index is 0.0273. The molecule has 0 aromatic heterocycles. The van der Waals surface area contributed by atoms with Gasteiger partial charge < -0.3 is 14.2 Å². The number of hydrogen-bond acceptors (Lipinski definition) is 6. The van der Waals surface area contributed by atoms with Crippen LogP contribution in [0.3, 0.4) is 0 Å². The molecule has 0 spiro atoms. The Hall–Kier alpha value is -1.90. The van der Waals surface area contributed by atoms with Crippen molar-refractivity contribution in [1.82, 2.24) is 4.31 Å². The molecule has 1 heterocycles. The van der Waals surface area contributed by atoms with E-state index in [1.807, 2.05) is 30.3 Å². The first kappa shape index (κ1) is 19.9. The van der Waals surface area contributed by atoms with Gasteiger partial charge in [-0.05, 0) is 11.6 Å². The highest BCUT2D eigenvalue weighted by Crippen LogP contribution is 2.47. The van der Waals surface area contributed by atoms with Gasteiger partial charge in [0.1, 0.15) is 5.75 Å². The second-order valence-electron chi connectivity index (χ2n) is 6.02. The third-order valence-electron chi connectivity index (χ3n) is 4.40. The molecule has 0 radical (unpaired) electrons. The summed E-state index contributed by atoms with van der Waals surface area (Å²) in [6.45, 7) is 0.460. The van der Waals surface area contributed by atoms with Crippen molar-refractivity contribution in [2.24, 2.45) is 0 Å². The van der Waals surface area contributed by atoms with Gasteiger partial charge in [-0.2, -0.15) is 4.31 Å². The summed E-state index contributed by atoms with van der Waals surface area (Å²) in [7, 11) is 1.19. The molecule has 2 aromatic rings. The van der Waals surface area contributed by atoms with Crippen molar-refractivity contribution in [2.45, 2.75) is 11.1 Å². The normalized spacial score (nSPS) is 17.7. The van der Waals surface area contributed by atoms with Gasteiger partial charge in [0.05, 0.1) is 32.5 Å². The van der Waals surface area contributed by atoms with Crippen molar-refractivity contribution in [3.63, 3.8) is 0 Å². The maximum Gasteiger partial charge on any atom is 0.219 e. The zero-order valence-corrected chi connectivity index (χ0v) is 17.2. The molecular weight excluding hydrogens is 386 g/mol. The molecule has 1 aliphatic heterocycles. The first-order valence-corrected chi connectivity index (χ1v) is 11.1. The smallest absolute Gasteiger partial charge is 0.219 e. The van der Waals surface area contributed by atoms with Crippen LogP contribution in [0.5, 0.6) is 17.2 Å². The van der Waals surface area contributed by atoms with Gasteiger partial charge >= 0.3 is 0 Å². The Morgan fingerprint density at radius 2 is 1.63 bits per heavy atom. The molecular formula is C19H23NO5S2. The molecule has 2 aromatic carbocycles. The Morgan fingerprint density at radius 3 is 2.26 bits per heavy atom. The van der Waals surface area contributed by atoms with Crippen molar-refractivity contribution < 1.29 is 22.6 Å². The van der Waals surface area contributed by atoms with Crippen molar-refractivity contribution in [2.75, 3.05) is 33.6 Å². The van der Waals surface area contributed by atoms with E-state index in [2.05, 4.69) is 0 Å². The summed E-state index contributed by atoms with van der Waals surface area (Å²) in [4.78, 5) is 0. The quantitative estimate of drug-likeness (QED) is 0.699.